The van der Waals surface area contributed by atoms with Crippen LogP contribution in [-0.2, 0) is 44.2 Å². The molecular formula is C20H22F2N10O8P2S2. The maximum absolute atomic E-state index is 16.0. The van der Waals surface area contributed by atoms with E-state index in [1.54, 1.807) is 0 Å². The SMILES string of the molecule is Nc1ncnc2c1ncn2[C@@H]1O[C@@H]2COP(O)(=S)O[C@@H]3[C@H](F)[C@@H](OCP(=O)(S)O[C@H]2[C@H]1F)O[C@H]3n1cnc2c(N)ncnc21. The van der Waals surface area contributed by atoms with Gasteiger partial charge in [0.05, 0.1) is 19.3 Å². The van der Waals surface area contributed by atoms with E-state index in [0.717, 1.165) is 0 Å². The minimum Gasteiger partial charge on any atom is -0.382 e. The lowest BCUT2D eigenvalue weighted by molar-refractivity contribution is -0.157. The number of nitrogen functional groups attached to an aromatic ring is 2. The molecule has 2 bridgehead atoms. The zero-order valence-corrected chi connectivity index (χ0v) is 25.4. The Labute approximate surface area is 255 Å². The summed E-state index contributed by atoms with van der Waals surface area (Å²) in [6, 6.07) is 0. The molecule has 4 aromatic rings. The molecule has 3 aliphatic heterocycles. The van der Waals surface area contributed by atoms with Crippen molar-refractivity contribution in [3.05, 3.63) is 25.3 Å². The second-order valence-electron chi connectivity index (χ2n) is 9.85. The number of nitrogens with zero attached hydrogens (tertiary/aromatic N) is 8. The van der Waals surface area contributed by atoms with Crippen molar-refractivity contribution in [3.8, 4) is 0 Å². The van der Waals surface area contributed by atoms with Crippen molar-refractivity contribution in [1.29, 1.82) is 0 Å². The first-order valence-corrected chi connectivity index (χ1v) is 18.2. The molecule has 5 N–H and O–H groups in total. The Morgan fingerprint density at radius 2 is 1.52 bits per heavy atom. The van der Waals surface area contributed by atoms with Crippen molar-refractivity contribution in [3.63, 3.8) is 0 Å². The number of halogens is 2. The van der Waals surface area contributed by atoms with Crippen molar-refractivity contribution in [2.75, 3.05) is 24.4 Å². The van der Waals surface area contributed by atoms with Gasteiger partial charge in [-0.2, -0.15) is 0 Å². The van der Waals surface area contributed by atoms with Gasteiger partial charge in [0.2, 0.25) is 0 Å². The molecule has 7 rings (SSSR count). The van der Waals surface area contributed by atoms with E-state index in [-0.39, 0.29) is 34.0 Å². The van der Waals surface area contributed by atoms with Crippen LogP contribution in [-0.4, -0.2) is 93.8 Å². The zero-order valence-electron chi connectivity index (χ0n) is 21.9. The van der Waals surface area contributed by atoms with Crippen LogP contribution in [0.4, 0.5) is 20.4 Å². The molecule has 0 amide bonds. The van der Waals surface area contributed by atoms with E-state index in [1.807, 2.05) is 0 Å². The number of rotatable bonds is 2. The Morgan fingerprint density at radius 3 is 2.16 bits per heavy atom. The maximum Gasteiger partial charge on any atom is 0.325 e. The molecule has 0 radical (unpaired) electrons. The van der Waals surface area contributed by atoms with Gasteiger partial charge in [0.1, 0.15) is 48.3 Å². The van der Waals surface area contributed by atoms with Crippen molar-refractivity contribution in [2.45, 2.75) is 49.4 Å². The Bertz CT molecular complexity index is 1840. The summed E-state index contributed by atoms with van der Waals surface area (Å²) in [7, 11) is 0. The van der Waals surface area contributed by atoms with Gasteiger partial charge < -0.3 is 39.6 Å². The molecule has 7 heterocycles. The molecular weight excluding hydrogens is 672 g/mol. The third-order valence-corrected chi connectivity index (χ3v) is 10.3. The quantitative estimate of drug-likeness (QED) is 0.171. The second kappa shape index (κ2) is 11.1. The minimum absolute atomic E-state index is 0.0509. The van der Waals surface area contributed by atoms with Crippen molar-refractivity contribution in [1.82, 2.24) is 39.0 Å². The Balaban J connectivity index is 1.20. The maximum atomic E-state index is 16.0. The summed E-state index contributed by atoms with van der Waals surface area (Å²) in [6.45, 7) is -9.06. The van der Waals surface area contributed by atoms with Crippen LogP contribution in [0.5, 0.6) is 0 Å². The van der Waals surface area contributed by atoms with Crippen LogP contribution in [0.1, 0.15) is 12.5 Å². The van der Waals surface area contributed by atoms with Gasteiger partial charge in [0.15, 0.2) is 54.0 Å². The summed E-state index contributed by atoms with van der Waals surface area (Å²) < 4.78 is 81.5. The summed E-state index contributed by atoms with van der Waals surface area (Å²) in [5.41, 5.74) is 12.4. The second-order valence-corrected chi connectivity index (χ2v) is 16.2. The third kappa shape index (κ3) is 5.26. The van der Waals surface area contributed by atoms with E-state index in [1.165, 1.54) is 34.4 Å². The fourth-order valence-corrected chi connectivity index (χ4v) is 8.06. The van der Waals surface area contributed by atoms with Crippen LogP contribution in [0, 0.1) is 0 Å². The Hall–Kier alpha value is -2.49. The number of anilines is 2. The number of fused-ring (bicyclic) bond motifs is 5. The van der Waals surface area contributed by atoms with E-state index < -0.39 is 75.6 Å². The molecule has 236 valence electrons. The first kappa shape index (κ1) is 30.2. The van der Waals surface area contributed by atoms with Gasteiger partial charge in [-0.25, -0.2) is 38.7 Å². The standard InChI is InChI=1S/C20H22F2N10O8P2S2/c21-8-12-7(37-18(8)31-4-29-10-14(23)25-2-27-16(10)31)1-36-42(34,44)40-13-9(22)20(35-6-41(33,43)39-12)38-19(13)32-5-30-11-15(24)26-3-28-17(11)32/h2-5,7-9,12-13,18-20H,1,6H2,(H,33,43)(H,34,44)(H2,23,25,27)(H2,24,26,28)/t7-,8-,9+,12-,13-,18-,19-,20+,41?,42?/m1/s1. The highest BCUT2D eigenvalue weighted by Gasteiger charge is 2.54. The number of thiol groups is 1. The van der Waals surface area contributed by atoms with Crippen molar-refractivity contribution < 1.29 is 46.0 Å². The topological polar surface area (TPSA) is 232 Å². The Morgan fingerprint density at radius 1 is 0.909 bits per heavy atom. The zero-order chi connectivity index (χ0) is 31.0. The number of nitrogens with two attached hydrogens (primary N) is 2. The highest BCUT2D eigenvalue weighted by molar-refractivity contribution is 8.46. The number of imidazole rings is 2. The van der Waals surface area contributed by atoms with Crippen molar-refractivity contribution in [2.24, 2.45) is 0 Å². The predicted molar refractivity (Wildman–Crippen MR) is 152 cm³/mol. The first-order valence-electron chi connectivity index (χ1n) is 12.6. The lowest BCUT2D eigenvalue weighted by atomic mass is 10.1. The van der Waals surface area contributed by atoms with Crippen LogP contribution >= 0.6 is 25.5 Å². The molecule has 3 fully saturated rings. The molecule has 4 aromatic heterocycles. The molecule has 0 spiro atoms. The van der Waals surface area contributed by atoms with Gasteiger partial charge in [-0.1, -0.05) is 12.2 Å². The van der Waals surface area contributed by atoms with Gasteiger partial charge in [-0.3, -0.25) is 18.2 Å². The van der Waals surface area contributed by atoms with Crippen LogP contribution in [0.2, 0.25) is 0 Å². The number of hydrogen-bond acceptors (Lipinski definition) is 16. The largest absolute Gasteiger partial charge is 0.382 e. The minimum atomic E-state index is -4.31. The molecule has 0 saturated carbocycles. The number of aromatic nitrogens is 8. The molecule has 3 saturated heterocycles. The van der Waals surface area contributed by atoms with Crippen molar-refractivity contribution >= 4 is 71.3 Å². The highest BCUT2D eigenvalue weighted by Crippen LogP contribution is 2.58. The molecule has 10 atom stereocenters. The van der Waals surface area contributed by atoms with Gasteiger partial charge in [0.25, 0.3) is 6.57 Å². The molecule has 0 aliphatic carbocycles. The van der Waals surface area contributed by atoms with Gasteiger partial charge in [0, 0.05) is 0 Å². The van der Waals surface area contributed by atoms with Gasteiger partial charge in [-0.15, -0.1) is 0 Å². The fourth-order valence-electron chi connectivity index (χ4n) is 5.10. The van der Waals surface area contributed by atoms with E-state index in [0.29, 0.717) is 0 Å². The average molecular weight is 695 g/mol. The molecule has 24 heteroatoms. The van der Waals surface area contributed by atoms with Crippen LogP contribution in [0.3, 0.4) is 0 Å². The summed E-state index contributed by atoms with van der Waals surface area (Å²) in [4.78, 5) is 35.2. The smallest absolute Gasteiger partial charge is 0.325 e. The molecule has 2 unspecified atom stereocenters. The predicted octanol–water partition coefficient (Wildman–Crippen LogP) is 1.37. The molecule has 3 aliphatic rings. The molecule has 18 nitrogen and oxygen atoms in total. The average Bonchev–Trinajstić information content (AvgIpc) is 3.73. The lowest BCUT2D eigenvalue weighted by Crippen LogP contribution is -2.34. The third-order valence-electron chi connectivity index (χ3n) is 7.06. The normalized spacial score (nSPS) is 38.3. The van der Waals surface area contributed by atoms with E-state index in [4.69, 9.17) is 51.1 Å². The summed E-state index contributed by atoms with van der Waals surface area (Å²) >= 11 is 9.25. The number of ether oxygens (including phenoxy) is 3. The van der Waals surface area contributed by atoms with E-state index in [9.17, 15) is 9.46 Å². The van der Waals surface area contributed by atoms with E-state index in [2.05, 4.69) is 42.2 Å². The highest BCUT2D eigenvalue weighted by atomic mass is 32.7. The number of alkyl halides is 2. The molecule has 44 heavy (non-hydrogen) atoms. The Kier molecular flexibility index (Phi) is 7.61. The van der Waals surface area contributed by atoms with Crippen LogP contribution in [0.25, 0.3) is 22.3 Å². The summed E-state index contributed by atoms with van der Waals surface area (Å²) in [6.07, 6.45) is -9.18. The van der Waals surface area contributed by atoms with Gasteiger partial charge >= 0.3 is 6.72 Å². The van der Waals surface area contributed by atoms with Gasteiger partial charge in [-0.05, 0) is 11.8 Å². The van der Waals surface area contributed by atoms with Crippen LogP contribution in [0.15, 0.2) is 25.3 Å². The monoisotopic (exact) mass is 694 g/mol. The first-order chi connectivity index (χ1) is 20.9. The van der Waals surface area contributed by atoms with Crippen LogP contribution < -0.4 is 11.5 Å². The summed E-state index contributed by atoms with van der Waals surface area (Å²) in [5, 5.41) is 0. The number of hydrogen-bond donors (Lipinski definition) is 4. The van der Waals surface area contributed by atoms with E-state index >= 15 is 8.78 Å². The lowest BCUT2D eigenvalue weighted by Gasteiger charge is -2.27. The fraction of sp³-hybridized carbons (Fsp3) is 0.500. The molecule has 0 aromatic carbocycles. The summed E-state index contributed by atoms with van der Waals surface area (Å²) in [5.74, 6) is 0.107.